The van der Waals surface area contributed by atoms with Crippen LogP contribution in [0.2, 0.25) is 6.32 Å². The molecule has 18 heavy (non-hydrogen) atoms. The van der Waals surface area contributed by atoms with Crippen LogP contribution in [0.4, 0.5) is 0 Å². The van der Waals surface area contributed by atoms with Crippen molar-refractivity contribution < 1.29 is 9.30 Å². The van der Waals surface area contributed by atoms with Crippen molar-refractivity contribution in [3.05, 3.63) is 42.1 Å². The molecule has 0 amide bonds. The minimum atomic E-state index is 0.471. The highest BCUT2D eigenvalue weighted by Gasteiger charge is 2.52. The summed E-state index contributed by atoms with van der Waals surface area (Å²) in [5.74, 6) is 1.14. The van der Waals surface area contributed by atoms with Gasteiger partial charge in [-0.25, -0.2) is 4.57 Å². The average molecular weight is 236 g/mol. The van der Waals surface area contributed by atoms with Gasteiger partial charge in [0.2, 0.25) is 12.4 Å². The van der Waals surface area contributed by atoms with Gasteiger partial charge in [-0.3, -0.25) is 0 Å². The molecule has 88 valence electrons. The zero-order chi connectivity index (χ0) is 12.3. The van der Waals surface area contributed by atoms with E-state index >= 15 is 0 Å². The van der Waals surface area contributed by atoms with Crippen molar-refractivity contribution in [3.8, 4) is 17.0 Å². The summed E-state index contributed by atoms with van der Waals surface area (Å²) in [5, 5.41) is 0. The Labute approximate surface area is 107 Å². The summed E-state index contributed by atoms with van der Waals surface area (Å²) in [4.78, 5) is 0. The van der Waals surface area contributed by atoms with Crippen LogP contribution in [0.25, 0.3) is 11.3 Å². The number of hydrogen-bond donors (Lipinski definition) is 0. The van der Waals surface area contributed by atoms with E-state index in [0.717, 1.165) is 5.75 Å². The van der Waals surface area contributed by atoms with Gasteiger partial charge < -0.3 is 4.74 Å². The number of aromatic nitrogens is 1. The third kappa shape index (κ3) is 1.27. The highest BCUT2D eigenvalue weighted by Crippen LogP contribution is 2.40. The molecule has 0 spiro atoms. The average Bonchev–Trinajstić information content (AvgIpc) is 3.05. The molecule has 1 aromatic carbocycles. The lowest BCUT2D eigenvalue weighted by Gasteiger charge is -2.11. The second-order valence-corrected chi connectivity index (χ2v) is 5.35. The van der Waals surface area contributed by atoms with Crippen LogP contribution in [0.5, 0.6) is 5.75 Å². The number of rotatable bonds is 1. The summed E-state index contributed by atoms with van der Waals surface area (Å²) < 4.78 is 8.16. The van der Waals surface area contributed by atoms with Crippen LogP contribution in [-0.2, 0) is 7.05 Å². The fourth-order valence-corrected chi connectivity index (χ4v) is 3.02. The van der Waals surface area contributed by atoms with Crippen molar-refractivity contribution in [1.82, 2.24) is 0 Å². The molecular weight excluding hydrogens is 221 g/mol. The van der Waals surface area contributed by atoms with Crippen LogP contribution >= 0.6 is 0 Å². The van der Waals surface area contributed by atoms with E-state index in [0.29, 0.717) is 12.7 Å². The number of fused-ring (bicyclic) bond motifs is 3. The molecule has 2 aliphatic heterocycles. The van der Waals surface area contributed by atoms with Gasteiger partial charge in [0.05, 0.1) is 11.6 Å². The molecule has 1 atom stereocenters. The SMILES string of the molecule is Cc1c(-c2cccc[n+]2C)ccc2c1OC1CB21. The van der Waals surface area contributed by atoms with E-state index in [2.05, 4.69) is 55.1 Å². The molecule has 3 heteroatoms. The Kier molecular flexibility index (Phi) is 1.91. The molecule has 1 unspecified atom stereocenters. The van der Waals surface area contributed by atoms with Gasteiger partial charge in [-0.1, -0.05) is 6.07 Å². The van der Waals surface area contributed by atoms with Gasteiger partial charge in [0, 0.05) is 17.7 Å². The molecule has 0 N–H and O–H groups in total. The topological polar surface area (TPSA) is 13.1 Å². The Morgan fingerprint density at radius 1 is 1.28 bits per heavy atom. The first-order valence-electron chi connectivity index (χ1n) is 6.51. The predicted octanol–water partition coefficient (Wildman–Crippen LogP) is 1.50. The molecule has 0 bridgehead atoms. The van der Waals surface area contributed by atoms with Crippen molar-refractivity contribution in [2.75, 3.05) is 0 Å². The molecule has 1 fully saturated rings. The zero-order valence-corrected chi connectivity index (χ0v) is 10.7. The molecule has 3 heterocycles. The van der Waals surface area contributed by atoms with Gasteiger partial charge in [-0.15, -0.1) is 0 Å². The fraction of sp³-hybridized carbons (Fsp3) is 0.267. The molecule has 0 aliphatic carbocycles. The van der Waals surface area contributed by atoms with Gasteiger partial charge in [0.25, 0.3) is 0 Å². The number of aryl methyl sites for hydroxylation is 1. The highest BCUT2D eigenvalue weighted by atomic mass is 16.5. The van der Waals surface area contributed by atoms with Crippen LogP contribution in [0.3, 0.4) is 0 Å². The minimum absolute atomic E-state index is 0.471. The lowest BCUT2D eigenvalue weighted by Crippen LogP contribution is -2.30. The second-order valence-electron chi connectivity index (χ2n) is 5.35. The highest BCUT2D eigenvalue weighted by molar-refractivity contribution is 6.85. The van der Waals surface area contributed by atoms with Crippen molar-refractivity contribution in [2.24, 2.45) is 7.05 Å². The summed E-state index contributed by atoms with van der Waals surface area (Å²) >= 11 is 0. The van der Waals surface area contributed by atoms with Crippen LogP contribution in [0.1, 0.15) is 5.56 Å². The summed E-state index contributed by atoms with van der Waals surface area (Å²) in [6.45, 7) is 2.85. The van der Waals surface area contributed by atoms with Crippen LogP contribution in [-0.4, -0.2) is 12.7 Å². The molecule has 0 radical (unpaired) electrons. The van der Waals surface area contributed by atoms with Gasteiger partial charge in [0.1, 0.15) is 12.8 Å². The van der Waals surface area contributed by atoms with Gasteiger partial charge in [-0.2, -0.15) is 0 Å². The third-order valence-electron chi connectivity index (χ3n) is 4.17. The number of nitrogens with zero attached hydrogens (tertiary/aromatic N) is 1. The Morgan fingerprint density at radius 2 is 2.17 bits per heavy atom. The smallest absolute Gasteiger partial charge is 0.231 e. The number of benzene rings is 1. The summed E-state index contributed by atoms with van der Waals surface area (Å²) in [6.07, 6.45) is 3.30. The molecule has 1 saturated heterocycles. The van der Waals surface area contributed by atoms with Crippen molar-refractivity contribution in [1.29, 1.82) is 0 Å². The monoisotopic (exact) mass is 236 g/mol. The predicted molar refractivity (Wildman–Crippen MR) is 72.4 cm³/mol. The Balaban J connectivity index is 1.91. The van der Waals surface area contributed by atoms with Gasteiger partial charge in [0.15, 0.2) is 6.20 Å². The maximum Gasteiger partial charge on any atom is 0.231 e. The van der Waals surface area contributed by atoms with E-state index in [4.69, 9.17) is 4.74 Å². The molecular formula is C15H15BNO+. The Morgan fingerprint density at radius 3 is 3.00 bits per heavy atom. The van der Waals surface area contributed by atoms with Crippen LogP contribution in [0, 0.1) is 6.92 Å². The van der Waals surface area contributed by atoms with Crippen LogP contribution in [0.15, 0.2) is 36.5 Å². The van der Waals surface area contributed by atoms with Crippen molar-refractivity contribution in [2.45, 2.75) is 19.2 Å². The van der Waals surface area contributed by atoms with E-state index in [1.165, 1.54) is 28.6 Å². The normalized spacial score (nSPS) is 19.2. The largest absolute Gasteiger partial charge is 0.499 e. The molecule has 2 nitrogen and oxygen atoms in total. The minimum Gasteiger partial charge on any atom is -0.499 e. The van der Waals surface area contributed by atoms with Crippen molar-refractivity contribution in [3.63, 3.8) is 0 Å². The first-order valence-corrected chi connectivity index (χ1v) is 6.51. The van der Waals surface area contributed by atoms with E-state index in [9.17, 15) is 0 Å². The second kappa shape index (κ2) is 3.38. The lowest BCUT2D eigenvalue weighted by atomic mass is 9.63. The molecule has 2 aliphatic rings. The summed E-state index contributed by atoms with van der Waals surface area (Å²) in [6, 6.07) is 11.3. The Bertz CT molecular complexity index is 653. The van der Waals surface area contributed by atoms with E-state index < -0.39 is 0 Å². The quantitative estimate of drug-likeness (QED) is 0.540. The van der Waals surface area contributed by atoms with Gasteiger partial charge in [-0.05, 0) is 30.8 Å². The Hall–Kier alpha value is -1.77. The fourth-order valence-electron chi connectivity index (χ4n) is 3.02. The van der Waals surface area contributed by atoms with Crippen LogP contribution < -0.4 is 14.8 Å². The standard InChI is InChI=1S/C15H15BNO/c1-10-11(13-5-3-4-8-17(13)2)6-7-12-15(10)18-14-9-16(12)14/h3-8,14H,9H2,1-2H3/q+1. The number of ether oxygens (including phenoxy) is 1. The molecule has 2 aromatic rings. The van der Waals surface area contributed by atoms with Gasteiger partial charge >= 0.3 is 0 Å². The summed E-state index contributed by atoms with van der Waals surface area (Å²) in [7, 11) is 2.08. The number of pyridine rings is 1. The van der Waals surface area contributed by atoms with E-state index in [1.54, 1.807) is 0 Å². The first kappa shape index (κ1) is 10.2. The molecule has 1 aromatic heterocycles. The number of hydrogen-bond acceptors (Lipinski definition) is 1. The molecule has 0 saturated carbocycles. The van der Waals surface area contributed by atoms with E-state index in [1.807, 2.05) is 0 Å². The maximum absolute atomic E-state index is 6.00. The molecule has 4 rings (SSSR count). The van der Waals surface area contributed by atoms with Crippen molar-refractivity contribution >= 4 is 12.2 Å². The maximum atomic E-state index is 6.00. The third-order valence-corrected chi connectivity index (χ3v) is 4.17. The lowest BCUT2D eigenvalue weighted by molar-refractivity contribution is -0.660. The zero-order valence-electron chi connectivity index (χ0n) is 10.7. The van der Waals surface area contributed by atoms with E-state index in [-0.39, 0.29) is 0 Å². The summed E-state index contributed by atoms with van der Waals surface area (Å²) in [5.41, 5.74) is 5.21. The first-order chi connectivity index (χ1) is 8.75.